The zero-order chi connectivity index (χ0) is 27.1. The summed E-state index contributed by atoms with van der Waals surface area (Å²) in [6.45, 7) is 2.60. The van der Waals surface area contributed by atoms with Crippen LogP contribution in [-0.4, -0.2) is 48.7 Å². The fourth-order valence-corrected chi connectivity index (χ4v) is 3.86. The monoisotopic (exact) mass is 510 g/mol. The number of carbonyl (C=O) groups excluding carboxylic acids is 3. The van der Waals surface area contributed by atoms with Crippen molar-refractivity contribution in [2.45, 2.75) is 26.9 Å². The van der Waals surface area contributed by atoms with Gasteiger partial charge in [0.15, 0.2) is 6.61 Å². The summed E-state index contributed by atoms with van der Waals surface area (Å²) in [5, 5.41) is 11.4. The maximum Gasteiger partial charge on any atom is 0.418 e. The van der Waals surface area contributed by atoms with Crippen LogP contribution in [0.2, 0.25) is 0 Å². The molecule has 0 fully saturated rings. The third-order valence-electron chi connectivity index (χ3n) is 5.75. The number of amides is 1. The van der Waals surface area contributed by atoms with Crippen LogP contribution in [-0.2, 0) is 25.6 Å². The van der Waals surface area contributed by atoms with Gasteiger partial charge in [0.25, 0.3) is 5.69 Å². The first-order valence-electron chi connectivity index (χ1n) is 11.2. The minimum atomic E-state index is -0.739. The Morgan fingerprint density at radius 1 is 1.05 bits per heavy atom. The van der Waals surface area contributed by atoms with E-state index < -0.39 is 29.6 Å². The molecule has 37 heavy (non-hydrogen) atoms. The van der Waals surface area contributed by atoms with Crippen molar-refractivity contribution in [3.05, 3.63) is 81.2 Å². The fraction of sp³-hybridized carbons (Fsp3) is 0.269. The quantitative estimate of drug-likeness (QED) is 0.216. The van der Waals surface area contributed by atoms with E-state index in [0.29, 0.717) is 28.7 Å². The number of methoxy groups -OCH3 is 2. The van der Waals surface area contributed by atoms with Crippen molar-refractivity contribution in [3.8, 4) is 16.9 Å². The highest BCUT2D eigenvalue weighted by molar-refractivity contribution is 6.02. The van der Waals surface area contributed by atoms with Crippen LogP contribution in [0.4, 0.5) is 10.5 Å². The van der Waals surface area contributed by atoms with Crippen LogP contribution in [0, 0.1) is 24.0 Å². The molecule has 1 aliphatic rings. The number of nitro groups is 1. The Hall–Kier alpha value is -4.67. The van der Waals surface area contributed by atoms with Crippen LogP contribution < -0.4 is 4.74 Å². The number of carbonyl (C=O) groups is 3. The predicted molar refractivity (Wildman–Crippen MR) is 132 cm³/mol. The van der Waals surface area contributed by atoms with Gasteiger partial charge < -0.3 is 18.9 Å². The number of hydrogen-bond acceptors (Lipinski definition) is 9. The Balaban J connectivity index is 2.19. The van der Waals surface area contributed by atoms with E-state index in [2.05, 4.69) is 4.74 Å². The molecule has 0 saturated heterocycles. The Labute approximate surface area is 213 Å². The molecule has 0 saturated carbocycles. The Kier molecular flexibility index (Phi) is 8.62. The first-order valence-corrected chi connectivity index (χ1v) is 11.2. The summed E-state index contributed by atoms with van der Waals surface area (Å²) in [5.74, 6) is -1.32. The molecule has 1 aliphatic heterocycles. The van der Waals surface area contributed by atoms with Crippen LogP contribution in [0.25, 0.3) is 11.1 Å². The van der Waals surface area contributed by atoms with Crippen molar-refractivity contribution < 1.29 is 38.3 Å². The molecule has 2 aromatic rings. The molecule has 0 N–H and O–H groups in total. The van der Waals surface area contributed by atoms with Gasteiger partial charge >= 0.3 is 18.0 Å². The van der Waals surface area contributed by atoms with Crippen LogP contribution in [0.5, 0.6) is 5.75 Å². The highest BCUT2D eigenvalue weighted by Crippen LogP contribution is 2.42. The summed E-state index contributed by atoms with van der Waals surface area (Å²) in [6, 6.07) is 5.65. The molecule has 0 radical (unpaired) electrons. The molecule has 0 unspecified atom stereocenters. The van der Waals surface area contributed by atoms with Crippen molar-refractivity contribution in [1.29, 1.82) is 0 Å². The third kappa shape index (κ3) is 5.95. The molecule has 3 rings (SSSR count). The van der Waals surface area contributed by atoms with Crippen molar-refractivity contribution in [3.63, 3.8) is 0 Å². The summed E-state index contributed by atoms with van der Waals surface area (Å²) in [7, 11) is 2.39. The number of benzene rings is 2. The van der Waals surface area contributed by atoms with Gasteiger partial charge in [0.1, 0.15) is 12.4 Å². The standard InChI is InChI=1S/C26H26N2O9/c1-16-20(14-37-26(31)27-11-6-5-7-12-27)17(2)24(36-15-21(29)34-3)23(22(16)25(30)35-4)18-9-8-10-19(13-18)28(32)33/h6-13H,5,14-15H2,1-4H3. The maximum absolute atomic E-state index is 13.0. The van der Waals surface area contributed by atoms with Gasteiger partial charge in [-0.25, -0.2) is 14.4 Å². The van der Waals surface area contributed by atoms with E-state index in [4.69, 9.17) is 14.2 Å². The number of esters is 2. The minimum Gasteiger partial charge on any atom is -0.481 e. The van der Waals surface area contributed by atoms with Crippen molar-refractivity contribution in [1.82, 2.24) is 4.90 Å². The van der Waals surface area contributed by atoms with Gasteiger partial charge in [-0.3, -0.25) is 15.0 Å². The molecule has 0 bridgehead atoms. The highest BCUT2D eigenvalue weighted by Gasteiger charge is 2.28. The largest absolute Gasteiger partial charge is 0.481 e. The van der Waals surface area contributed by atoms with Crippen LogP contribution in [0.1, 0.15) is 33.5 Å². The second-order valence-corrected chi connectivity index (χ2v) is 7.94. The van der Waals surface area contributed by atoms with Crippen molar-refractivity contribution in [2.24, 2.45) is 0 Å². The molecule has 194 valence electrons. The number of hydrogen-bond donors (Lipinski definition) is 0. The Bertz CT molecular complexity index is 1290. The van der Waals surface area contributed by atoms with Crippen LogP contribution >= 0.6 is 0 Å². The van der Waals surface area contributed by atoms with Gasteiger partial charge in [-0.1, -0.05) is 24.3 Å². The van der Waals surface area contributed by atoms with E-state index >= 15 is 0 Å². The lowest BCUT2D eigenvalue weighted by Crippen LogP contribution is -2.23. The van der Waals surface area contributed by atoms with Gasteiger partial charge in [0.05, 0.1) is 24.7 Å². The van der Waals surface area contributed by atoms with Gasteiger partial charge in [0.2, 0.25) is 0 Å². The molecule has 0 spiro atoms. The van der Waals surface area contributed by atoms with Gasteiger partial charge in [-0.05, 0) is 42.5 Å². The molecule has 11 heteroatoms. The summed E-state index contributed by atoms with van der Waals surface area (Å²) < 4.78 is 21.0. The zero-order valence-corrected chi connectivity index (χ0v) is 20.8. The smallest absolute Gasteiger partial charge is 0.418 e. The second-order valence-electron chi connectivity index (χ2n) is 7.94. The lowest BCUT2D eigenvalue weighted by molar-refractivity contribution is -0.384. The van der Waals surface area contributed by atoms with E-state index in [0.717, 1.165) is 0 Å². The molecule has 0 aromatic heterocycles. The summed E-state index contributed by atoms with van der Waals surface area (Å²) in [6.07, 6.45) is 6.81. The molecule has 1 amide bonds. The summed E-state index contributed by atoms with van der Waals surface area (Å²) >= 11 is 0. The van der Waals surface area contributed by atoms with Crippen molar-refractivity contribution in [2.75, 3.05) is 20.8 Å². The molecular formula is C26H26N2O9. The van der Waals surface area contributed by atoms with E-state index in [-0.39, 0.29) is 29.2 Å². The first-order chi connectivity index (χ1) is 17.7. The van der Waals surface area contributed by atoms with Crippen LogP contribution in [0.15, 0.2) is 48.8 Å². The lowest BCUT2D eigenvalue weighted by atomic mass is 9.88. The van der Waals surface area contributed by atoms with E-state index in [9.17, 15) is 24.5 Å². The average molecular weight is 510 g/mol. The SMILES string of the molecule is COC(=O)COc1c(C)c(COC(=O)N2C=CCC=C2)c(C)c(C(=O)OC)c1-c1cccc([N+](=O)[O-])c1. The minimum absolute atomic E-state index is 0.0530. The van der Waals surface area contributed by atoms with Gasteiger partial charge in [0, 0.05) is 30.1 Å². The van der Waals surface area contributed by atoms with Crippen molar-refractivity contribution >= 4 is 23.7 Å². The lowest BCUT2D eigenvalue weighted by Gasteiger charge is -2.23. The molecule has 0 atom stereocenters. The number of nitrogens with zero attached hydrogens (tertiary/aromatic N) is 2. The number of allylic oxidation sites excluding steroid dienone is 2. The highest BCUT2D eigenvalue weighted by atomic mass is 16.6. The number of ether oxygens (including phenoxy) is 4. The van der Waals surface area contributed by atoms with E-state index in [1.807, 2.05) is 0 Å². The van der Waals surface area contributed by atoms with Gasteiger partial charge in [-0.2, -0.15) is 0 Å². The molecule has 1 heterocycles. The zero-order valence-electron chi connectivity index (χ0n) is 20.8. The Morgan fingerprint density at radius 2 is 1.76 bits per heavy atom. The predicted octanol–water partition coefficient (Wildman–Crippen LogP) is 4.59. The topological polar surface area (TPSA) is 135 Å². The van der Waals surface area contributed by atoms with Crippen LogP contribution in [0.3, 0.4) is 0 Å². The molecule has 0 aliphatic carbocycles. The normalized spacial score (nSPS) is 12.2. The molecule has 2 aromatic carbocycles. The van der Waals surface area contributed by atoms with E-state index in [1.165, 1.54) is 37.3 Å². The molecule has 11 nitrogen and oxygen atoms in total. The maximum atomic E-state index is 13.0. The van der Waals surface area contributed by atoms with E-state index in [1.54, 1.807) is 44.5 Å². The number of nitro benzene ring substituents is 1. The molecular weight excluding hydrogens is 484 g/mol. The average Bonchev–Trinajstić information content (AvgIpc) is 2.91. The summed E-state index contributed by atoms with van der Waals surface area (Å²) in [4.78, 5) is 49.6. The number of non-ortho nitro benzene ring substituents is 1. The third-order valence-corrected chi connectivity index (χ3v) is 5.75. The second kappa shape index (κ2) is 11.8. The fourth-order valence-electron chi connectivity index (χ4n) is 3.86. The number of rotatable bonds is 8. The Morgan fingerprint density at radius 3 is 2.38 bits per heavy atom. The first kappa shape index (κ1) is 26.9. The summed E-state index contributed by atoms with van der Waals surface area (Å²) in [5.41, 5.74) is 1.69. The van der Waals surface area contributed by atoms with Gasteiger partial charge in [-0.15, -0.1) is 0 Å².